The molecule has 3 aliphatic rings. The molecule has 0 spiro atoms. The molecule has 2 fully saturated rings. The molecule has 0 atom stereocenters. The lowest BCUT2D eigenvalue weighted by Gasteiger charge is -2.45. The molecule has 2 saturated heterocycles. The third-order valence-corrected chi connectivity index (χ3v) is 6.83. The van der Waals surface area contributed by atoms with Gasteiger partial charge >= 0.3 is 12.1 Å². The minimum atomic E-state index is -0.706. The minimum absolute atomic E-state index is 0.0768. The number of nitrogens with zero attached hydrogens (tertiary/aromatic N) is 2. The summed E-state index contributed by atoms with van der Waals surface area (Å²) in [7, 11) is 0. The number of hydrogen-bond donors (Lipinski definition) is 1. The van der Waals surface area contributed by atoms with Crippen molar-refractivity contribution in [1.82, 2.24) is 9.80 Å². The van der Waals surface area contributed by atoms with E-state index in [1.165, 1.54) is 22.3 Å². The van der Waals surface area contributed by atoms with Crippen LogP contribution in [0.25, 0.3) is 11.1 Å². The van der Waals surface area contributed by atoms with Crippen LogP contribution in [0.2, 0.25) is 0 Å². The number of hydrogen-bond acceptors (Lipinski definition) is 4. The van der Waals surface area contributed by atoms with Crippen LogP contribution in [0.3, 0.4) is 0 Å². The molecule has 6 nitrogen and oxygen atoms in total. The Labute approximate surface area is 176 Å². The van der Waals surface area contributed by atoms with Crippen molar-refractivity contribution in [1.29, 1.82) is 0 Å². The van der Waals surface area contributed by atoms with E-state index in [1.807, 2.05) is 24.3 Å². The first kappa shape index (κ1) is 19.1. The fourth-order valence-corrected chi connectivity index (χ4v) is 5.07. The van der Waals surface area contributed by atoms with Gasteiger partial charge in [0.2, 0.25) is 0 Å². The standard InChI is InChI=1S/C24H26N2O4/c27-23(28)16-13-26(14-16)17-9-11-25(12-10-17)24(29)30-15-22-20-7-3-1-5-18(20)19-6-2-4-8-21(19)22/h1-8,16-17,22H,9-15H2,(H,27,28). The average molecular weight is 406 g/mol. The highest BCUT2D eigenvalue weighted by molar-refractivity contribution is 5.79. The summed E-state index contributed by atoms with van der Waals surface area (Å²) in [6.45, 7) is 2.93. The number of benzene rings is 2. The first-order valence-corrected chi connectivity index (χ1v) is 10.7. The highest BCUT2D eigenvalue weighted by atomic mass is 16.6. The van der Waals surface area contributed by atoms with E-state index >= 15 is 0 Å². The average Bonchev–Trinajstić information content (AvgIpc) is 3.05. The van der Waals surface area contributed by atoms with E-state index in [9.17, 15) is 9.59 Å². The second-order valence-corrected chi connectivity index (χ2v) is 8.51. The Morgan fingerprint density at radius 1 is 0.933 bits per heavy atom. The second kappa shape index (κ2) is 7.76. The van der Waals surface area contributed by atoms with Gasteiger partial charge in [-0.1, -0.05) is 48.5 Å². The number of likely N-dealkylation sites (tertiary alicyclic amines) is 2. The molecular formula is C24H26N2O4. The van der Waals surface area contributed by atoms with E-state index in [4.69, 9.17) is 9.84 Å². The molecule has 2 aromatic rings. The van der Waals surface area contributed by atoms with Crippen molar-refractivity contribution in [3.8, 4) is 11.1 Å². The van der Waals surface area contributed by atoms with Crippen LogP contribution in [0.5, 0.6) is 0 Å². The van der Waals surface area contributed by atoms with Crippen LogP contribution in [-0.2, 0) is 9.53 Å². The second-order valence-electron chi connectivity index (χ2n) is 8.51. The fourth-order valence-electron chi connectivity index (χ4n) is 5.07. The summed E-state index contributed by atoms with van der Waals surface area (Å²) in [5.74, 6) is -0.861. The Bertz CT molecular complexity index is 916. The van der Waals surface area contributed by atoms with Crippen LogP contribution in [0.15, 0.2) is 48.5 Å². The topological polar surface area (TPSA) is 70.1 Å². The number of carboxylic acids is 1. The van der Waals surface area contributed by atoms with Gasteiger partial charge in [-0.3, -0.25) is 9.69 Å². The van der Waals surface area contributed by atoms with Crippen LogP contribution in [-0.4, -0.2) is 65.8 Å². The van der Waals surface area contributed by atoms with Gasteiger partial charge in [0.25, 0.3) is 0 Å². The Balaban J connectivity index is 1.16. The van der Waals surface area contributed by atoms with E-state index in [0.29, 0.717) is 38.8 Å². The lowest BCUT2D eigenvalue weighted by molar-refractivity contribution is -0.149. The van der Waals surface area contributed by atoms with Crippen LogP contribution in [0, 0.1) is 5.92 Å². The zero-order valence-corrected chi connectivity index (χ0v) is 16.9. The molecule has 1 aliphatic carbocycles. The fraction of sp³-hybridized carbons (Fsp3) is 0.417. The van der Waals surface area contributed by atoms with Crippen LogP contribution < -0.4 is 0 Å². The number of rotatable bonds is 4. The van der Waals surface area contributed by atoms with Gasteiger partial charge in [-0.05, 0) is 35.1 Å². The summed E-state index contributed by atoms with van der Waals surface area (Å²) in [6, 6.07) is 17.0. The molecule has 156 valence electrons. The molecule has 1 amide bonds. The Hall–Kier alpha value is -2.86. The van der Waals surface area contributed by atoms with Crippen molar-refractivity contribution in [2.75, 3.05) is 32.8 Å². The molecule has 0 aromatic heterocycles. The van der Waals surface area contributed by atoms with E-state index < -0.39 is 5.97 Å². The van der Waals surface area contributed by atoms with Crippen LogP contribution >= 0.6 is 0 Å². The minimum Gasteiger partial charge on any atom is -0.481 e. The highest BCUT2D eigenvalue weighted by Crippen LogP contribution is 2.44. The monoisotopic (exact) mass is 406 g/mol. The summed E-state index contributed by atoms with van der Waals surface area (Å²) in [5, 5.41) is 9.04. The molecule has 1 N–H and O–H groups in total. The summed E-state index contributed by atoms with van der Waals surface area (Å²) in [4.78, 5) is 27.7. The van der Waals surface area contributed by atoms with Crippen molar-refractivity contribution in [2.24, 2.45) is 5.92 Å². The van der Waals surface area contributed by atoms with E-state index in [0.717, 1.165) is 12.8 Å². The van der Waals surface area contributed by atoms with Gasteiger partial charge in [0.1, 0.15) is 6.61 Å². The smallest absolute Gasteiger partial charge is 0.409 e. The molecule has 0 saturated carbocycles. The molecule has 0 radical (unpaired) electrons. The summed E-state index contributed by atoms with van der Waals surface area (Å²) in [5.41, 5.74) is 4.89. The summed E-state index contributed by atoms with van der Waals surface area (Å²) < 4.78 is 5.76. The Kier molecular flexibility index (Phi) is 4.95. The highest BCUT2D eigenvalue weighted by Gasteiger charge is 2.38. The molecule has 2 heterocycles. The number of fused-ring (bicyclic) bond motifs is 3. The van der Waals surface area contributed by atoms with Crippen molar-refractivity contribution < 1.29 is 19.4 Å². The number of carbonyl (C=O) groups is 2. The van der Waals surface area contributed by atoms with Crippen LogP contribution in [0.4, 0.5) is 4.79 Å². The number of carboxylic acid groups (broad SMARTS) is 1. The van der Waals surface area contributed by atoms with Gasteiger partial charge in [-0.2, -0.15) is 0 Å². The predicted octanol–water partition coefficient (Wildman–Crippen LogP) is 3.42. The number of ether oxygens (including phenoxy) is 1. The van der Waals surface area contributed by atoms with Crippen molar-refractivity contribution in [3.05, 3.63) is 59.7 Å². The molecular weight excluding hydrogens is 380 g/mol. The zero-order valence-electron chi connectivity index (χ0n) is 16.9. The molecule has 30 heavy (non-hydrogen) atoms. The maximum Gasteiger partial charge on any atom is 0.409 e. The third-order valence-electron chi connectivity index (χ3n) is 6.83. The molecule has 2 aromatic carbocycles. The molecule has 0 bridgehead atoms. The SMILES string of the molecule is O=C(O)C1CN(C2CCN(C(=O)OCC3c4ccccc4-c4ccccc43)CC2)C1. The van der Waals surface area contributed by atoms with Gasteiger partial charge in [0.15, 0.2) is 0 Å². The quantitative estimate of drug-likeness (QED) is 0.843. The predicted molar refractivity (Wildman–Crippen MR) is 112 cm³/mol. The number of amides is 1. The summed E-state index contributed by atoms with van der Waals surface area (Å²) in [6.07, 6.45) is 1.50. The largest absolute Gasteiger partial charge is 0.481 e. The Morgan fingerprint density at radius 3 is 2.07 bits per heavy atom. The third kappa shape index (κ3) is 3.35. The number of piperidine rings is 1. The lowest BCUT2D eigenvalue weighted by atomic mass is 9.93. The first-order valence-electron chi connectivity index (χ1n) is 10.7. The zero-order chi connectivity index (χ0) is 20.7. The normalized spacial score (nSPS) is 19.8. The first-order chi connectivity index (χ1) is 14.6. The maximum atomic E-state index is 12.7. The van der Waals surface area contributed by atoms with E-state index in [2.05, 4.69) is 29.2 Å². The van der Waals surface area contributed by atoms with Crippen LogP contribution in [0.1, 0.15) is 29.9 Å². The molecule has 5 rings (SSSR count). The van der Waals surface area contributed by atoms with E-state index in [-0.39, 0.29) is 17.9 Å². The van der Waals surface area contributed by atoms with Crippen molar-refractivity contribution in [3.63, 3.8) is 0 Å². The van der Waals surface area contributed by atoms with Gasteiger partial charge < -0.3 is 14.7 Å². The van der Waals surface area contributed by atoms with Gasteiger partial charge in [0, 0.05) is 38.1 Å². The lowest BCUT2D eigenvalue weighted by Crippen LogP contribution is -2.57. The summed E-state index contributed by atoms with van der Waals surface area (Å²) >= 11 is 0. The molecule has 0 unspecified atom stereocenters. The Morgan fingerprint density at radius 2 is 1.50 bits per heavy atom. The van der Waals surface area contributed by atoms with E-state index in [1.54, 1.807) is 4.90 Å². The van der Waals surface area contributed by atoms with Gasteiger partial charge in [-0.15, -0.1) is 0 Å². The van der Waals surface area contributed by atoms with Crippen molar-refractivity contribution in [2.45, 2.75) is 24.8 Å². The molecule has 2 aliphatic heterocycles. The van der Waals surface area contributed by atoms with Crippen molar-refractivity contribution >= 4 is 12.1 Å². The number of aliphatic carboxylic acids is 1. The van der Waals surface area contributed by atoms with Gasteiger partial charge in [-0.25, -0.2) is 4.79 Å². The number of carbonyl (C=O) groups excluding carboxylic acids is 1. The maximum absolute atomic E-state index is 12.7. The molecule has 6 heteroatoms. The van der Waals surface area contributed by atoms with Gasteiger partial charge in [0.05, 0.1) is 5.92 Å².